The molecule has 4 unspecified atom stereocenters. The summed E-state index contributed by atoms with van der Waals surface area (Å²) in [6.07, 6.45) is 5.19. The van der Waals surface area contributed by atoms with Crippen LogP contribution < -0.4 is 4.90 Å². The van der Waals surface area contributed by atoms with E-state index in [0.29, 0.717) is 5.69 Å². The first-order valence-corrected chi connectivity index (χ1v) is 7.65. The molecule has 0 radical (unpaired) electrons. The predicted molar refractivity (Wildman–Crippen MR) is 79.0 cm³/mol. The molecular formula is C16H14BrNO2. The highest BCUT2D eigenvalue weighted by Crippen LogP contribution is 2.60. The SMILES string of the molecule is CC12C(=O)N(c3ccc(Br)cc3)C(=O)C1C1C=CC2C1. The van der Waals surface area contributed by atoms with Crippen LogP contribution in [-0.4, -0.2) is 11.8 Å². The molecular weight excluding hydrogens is 318 g/mol. The molecule has 0 spiro atoms. The summed E-state index contributed by atoms with van der Waals surface area (Å²) >= 11 is 3.37. The van der Waals surface area contributed by atoms with E-state index in [2.05, 4.69) is 28.1 Å². The van der Waals surface area contributed by atoms with Gasteiger partial charge in [0.05, 0.1) is 17.0 Å². The van der Waals surface area contributed by atoms with Crippen molar-refractivity contribution in [3.63, 3.8) is 0 Å². The van der Waals surface area contributed by atoms with Crippen LogP contribution in [0.3, 0.4) is 0 Å². The van der Waals surface area contributed by atoms with Crippen LogP contribution in [0.1, 0.15) is 13.3 Å². The van der Waals surface area contributed by atoms with Crippen molar-refractivity contribution >= 4 is 33.4 Å². The van der Waals surface area contributed by atoms with E-state index in [0.717, 1.165) is 10.9 Å². The van der Waals surface area contributed by atoms with Gasteiger partial charge in [0.1, 0.15) is 0 Å². The van der Waals surface area contributed by atoms with Crippen LogP contribution in [0.2, 0.25) is 0 Å². The first-order valence-electron chi connectivity index (χ1n) is 6.86. The quantitative estimate of drug-likeness (QED) is 0.585. The molecule has 0 aromatic heterocycles. The van der Waals surface area contributed by atoms with E-state index in [1.54, 1.807) is 0 Å². The van der Waals surface area contributed by atoms with E-state index in [-0.39, 0.29) is 29.6 Å². The minimum absolute atomic E-state index is 0.0309. The molecule has 4 rings (SSSR count). The number of rotatable bonds is 1. The van der Waals surface area contributed by atoms with Crippen molar-refractivity contribution in [1.29, 1.82) is 0 Å². The van der Waals surface area contributed by atoms with Crippen molar-refractivity contribution in [2.24, 2.45) is 23.2 Å². The zero-order valence-electron chi connectivity index (χ0n) is 11.0. The Balaban J connectivity index is 1.80. The van der Waals surface area contributed by atoms with Crippen molar-refractivity contribution in [1.82, 2.24) is 0 Å². The Kier molecular flexibility index (Phi) is 2.35. The van der Waals surface area contributed by atoms with E-state index in [1.165, 1.54) is 4.90 Å². The molecule has 20 heavy (non-hydrogen) atoms. The molecule has 1 heterocycles. The fourth-order valence-corrected chi connectivity index (χ4v) is 4.40. The van der Waals surface area contributed by atoms with Gasteiger partial charge in [0.25, 0.3) is 0 Å². The summed E-state index contributed by atoms with van der Waals surface area (Å²) in [5.74, 6) is 0.216. The van der Waals surface area contributed by atoms with Crippen LogP contribution in [0.25, 0.3) is 0 Å². The molecule has 2 fully saturated rings. The van der Waals surface area contributed by atoms with Crippen LogP contribution >= 0.6 is 15.9 Å². The predicted octanol–water partition coefficient (Wildman–Crippen LogP) is 3.15. The number of hydrogen-bond donors (Lipinski definition) is 0. The lowest BCUT2D eigenvalue weighted by Crippen LogP contribution is -2.37. The van der Waals surface area contributed by atoms with Crippen molar-refractivity contribution < 1.29 is 9.59 Å². The summed E-state index contributed by atoms with van der Waals surface area (Å²) in [5.41, 5.74) is 0.141. The van der Waals surface area contributed by atoms with Crippen LogP contribution in [0.4, 0.5) is 5.69 Å². The smallest absolute Gasteiger partial charge is 0.241 e. The average Bonchev–Trinajstić information content (AvgIpc) is 3.05. The number of amides is 2. The van der Waals surface area contributed by atoms with E-state index in [4.69, 9.17) is 0 Å². The van der Waals surface area contributed by atoms with Gasteiger partial charge in [0.2, 0.25) is 11.8 Å². The number of benzene rings is 1. The number of anilines is 1. The van der Waals surface area contributed by atoms with Gasteiger partial charge in [-0.3, -0.25) is 9.59 Å². The van der Waals surface area contributed by atoms with Gasteiger partial charge in [0.15, 0.2) is 0 Å². The molecule has 1 aliphatic heterocycles. The Morgan fingerprint density at radius 2 is 1.90 bits per heavy atom. The molecule has 102 valence electrons. The van der Waals surface area contributed by atoms with E-state index < -0.39 is 5.41 Å². The zero-order chi connectivity index (χ0) is 14.1. The molecule has 1 aromatic rings. The fourth-order valence-electron chi connectivity index (χ4n) is 4.14. The lowest BCUT2D eigenvalue weighted by atomic mass is 9.71. The standard InChI is InChI=1S/C16H14BrNO2/c1-16-10-3-2-9(8-10)13(16)14(19)18(15(16)20)12-6-4-11(17)5-7-12/h2-7,9-10,13H,8H2,1H3. The second kappa shape index (κ2) is 3.82. The summed E-state index contributed by atoms with van der Waals surface area (Å²) in [6, 6.07) is 7.36. The fraction of sp³-hybridized carbons (Fsp3) is 0.375. The molecule has 3 aliphatic rings. The summed E-state index contributed by atoms with van der Waals surface area (Å²) in [7, 11) is 0. The Bertz CT molecular complexity index is 651. The van der Waals surface area contributed by atoms with Gasteiger partial charge in [-0.15, -0.1) is 0 Å². The molecule has 1 aromatic carbocycles. The minimum Gasteiger partial charge on any atom is -0.274 e. The maximum Gasteiger partial charge on any atom is 0.241 e. The van der Waals surface area contributed by atoms with Gasteiger partial charge >= 0.3 is 0 Å². The summed E-state index contributed by atoms with van der Waals surface area (Å²) < 4.78 is 0.938. The molecule has 1 saturated carbocycles. The number of carbonyl (C=O) groups is 2. The molecule has 4 heteroatoms. The van der Waals surface area contributed by atoms with E-state index in [1.807, 2.05) is 31.2 Å². The first-order chi connectivity index (χ1) is 9.53. The van der Waals surface area contributed by atoms with E-state index in [9.17, 15) is 9.59 Å². The third-order valence-electron chi connectivity index (χ3n) is 5.20. The lowest BCUT2D eigenvalue weighted by molar-refractivity contribution is -0.127. The maximum atomic E-state index is 12.9. The van der Waals surface area contributed by atoms with Gasteiger partial charge in [-0.25, -0.2) is 4.90 Å². The van der Waals surface area contributed by atoms with Gasteiger partial charge in [-0.2, -0.15) is 0 Å². The molecule has 3 nitrogen and oxygen atoms in total. The third-order valence-corrected chi connectivity index (χ3v) is 5.73. The molecule has 2 amide bonds. The van der Waals surface area contributed by atoms with Gasteiger partial charge in [-0.05, 0) is 49.4 Å². The number of imide groups is 1. The lowest BCUT2D eigenvalue weighted by Gasteiger charge is -2.28. The van der Waals surface area contributed by atoms with Gasteiger partial charge in [0, 0.05) is 4.47 Å². The maximum absolute atomic E-state index is 12.9. The van der Waals surface area contributed by atoms with Crippen molar-refractivity contribution in [2.75, 3.05) is 4.90 Å². The monoisotopic (exact) mass is 331 g/mol. The molecule has 4 atom stereocenters. The van der Waals surface area contributed by atoms with Crippen LogP contribution in [0.15, 0.2) is 40.9 Å². The molecule has 1 saturated heterocycles. The summed E-state index contributed by atoms with van der Waals surface area (Å²) in [4.78, 5) is 27.0. The minimum atomic E-state index is -0.538. The third kappa shape index (κ3) is 1.30. The normalized spacial score (nSPS) is 37.9. The zero-order valence-corrected chi connectivity index (χ0v) is 12.6. The number of allylic oxidation sites excluding steroid dienone is 2. The molecule has 2 bridgehead atoms. The van der Waals surface area contributed by atoms with Crippen molar-refractivity contribution in [2.45, 2.75) is 13.3 Å². The largest absolute Gasteiger partial charge is 0.274 e. The first kappa shape index (κ1) is 12.3. The number of fused-ring (bicyclic) bond motifs is 5. The van der Waals surface area contributed by atoms with E-state index >= 15 is 0 Å². The van der Waals surface area contributed by atoms with Crippen LogP contribution in [-0.2, 0) is 9.59 Å². The summed E-state index contributed by atoms with van der Waals surface area (Å²) in [5, 5.41) is 0. The average molecular weight is 332 g/mol. The molecule has 2 aliphatic carbocycles. The highest BCUT2D eigenvalue weighted by atomic mass is 79.9. The Labute approximate surface area is 125 Å². The Morgan fingerprint density at radius 3 is 2.55 bits per heavy atom. The highest BCUT2D eigenvalue weighted by molar-refractivity contribution is 9.10. The van der Waals surface area contributed by atoms with Crippen LogP contribution in [0, 0.1) is 23.2 Å². The number of hydrogen-bond acceptors (Lipinski definition) is 2. The van der Waals surface area contributed by atoms with Crippen LogP contribution in [0.5, 0.6) is 0 Å². The van der Waals surface area contributed by atoms with Crippen molar-refractivity contribution in [3.8, 4) is 0 Å². The van der Waals surface area contributed by atoms with Gasteiger partial charge in [-0.1, -0.05) is 28.1 Å². The Hall–Kier alpha value is -1.42. The highest BCUT2D eigenvalue weighted by Gasteiger charge is 2.67. The van der Waals surface area contributed by atoms with Gasteiger partial charge < -0.3 is 0 Å². The number of halogens is 1. The topological polar surface area (TPSA) is 37.4 Å². The second-order valence-corrected chi connectivity index (χ2v) is 7.02. The summed E-state index contributed by atoms with van der Waals surface area (Å²) in [6.45, 7) is 1.96. The molecule has 0 N–H and O–H groups in total. The number of carbonyl (C=O) groups excluding carboxylic acids is 2. The van der Waals surface area contributed by atoms with Crippen molar-refractivity contribution in [3.05, 3.63) is 40.9 Å². The second-order valence-electron chi connectivity index (χ2n) is 6.11. The number of nitrogens with zero attached hydrogens (tertiary/aromatic N) is 1. The Morgan fingerprint density at radius 1 is 1.20 bits per heavy atom.